The van der Waals surface area contributed by atoms with Crippen molar-refractivity contribution in [3.8, 4) is 0 Å². The van der Waals surface area contributed by atoms with Crippen molar-refractivity contribution in [1.29, 1.82) is 0 Å². The molecular formula is C29H29FN2O5. The van der Waals surface area contributed by atoms with Crippen molar-refractivity contribution in [1.82, 2.24) is 0 Å². The number of hydrogen-bond acceptors (Lipinski definition) is 5. The molecule has 7 nitrogen and oxygen atoms in total. The standard InChI is InChI=1S/C29H29FN2O5/c30-22-12-8-20(9-13-22)26(33)16-7-19-5-10-21(11-6-19)29(28(36)37,17-3-1-2-4-27(34)35)24-15-14-23(31)18-25(24)32/h5-16,18H,1-4,17,31-32H2,(H,34,35)(H,36,37). The predicted octanol–water partition coefficient (Wildman–Crippen LogP) is 5.29. The number of carboxylic acids is 2. The topological polar surface area (TPSA) is 144 Å². The normalized spacial score (nSPS) is 12.8. The molecule has 0 saturated heterocycles. The van der Waals surface area contributed by atoms with Crippen LogP contribution < -0.4 is 11.5 Å². The summed E-state index contributed by atoms with van der Waals surface area (Å²) in [6, 6.07) is 16.8. The number of carbonyl (C=O) groups excluding carboxylic acids is 1. The fraction of sp³-hybridized carbons (Fsp3) is 0.207. The molecule has 3 aromatic carbocycles. The van der Waals surface area contributed by atoms with Gasteiger partial charge in [0.25, 0.3) is 0 Å². The minimum absolute atomic E-state index is 0.0156. The third kappa shape index (κ3) is 6.61. The van der Waals surface area contributed by atoms with E-state index >= 15 is 0 Å². The number of rotatable bonds is 12. The van der Waals surface area contributed by atoms with E-state index in [4.69, 9.17) is 16.6 Å². The van der Waals surface area contributed by atoms with Crippen LogP contribution in [0.1, 0.15) is 59.2 Å². The van der Waals surface area contributed by atoms with Crippen LogP contribution in [0.15, 0.2) is 72.8 Å². The molecule has 0 radical (unpaired) electrons. The lowest BCUT2D eigenvalue weighted by atomic mass is 9.70. The molecule has 0 heterocycles. The highest BCUT2D eigenvalue weighted by Gasteiger charge is 2.43. The minimum Gasteiger partial charge on any atom is -0.481 e. The highest BCUT2D eigenvalue weighted by molar-refractivity contribution is 6.06. The summed E-state index contributed by atoms with van der Waals surface area (Å²) in [6.07, 6.45) is 4.64. The van der Waals surface area contributed by atoms with Gasteiger partial charge in [0.1, 0.15) is 11.2 Å². The van der Waals surface area contributed by atoms with Crippen LogP contribution in [-0.2, 0) is 15.0 Å². The first-order valence-electron chi connectivity index (χ1n) is 11.8. The molecule has 0 aliphatic heterocycles. The van der Waals surface area contributed by atoms with Crippen molar-refractivity contribution in [2.24, 2.45) is 0 Å². The maximum absolute atomic E-state index is 13.1. The summed E-state index contributed by atoms with van der Waals surface area (Å²) < 4.78 is 13.1. The van der Waals surface area contributed by atoms with Crippen LogP contribution in [-0.4, -0.2) is 27.9 Å². The third-order valence-electron chi connectivity index (χ3n) is 6.30. The number of anilines is 2. The number of carbonyl (C=O) groups is 3. The molecule has 0 aliphatic rings. The zero-order valence-corrected chi connectivity index (χ0v) is 20.2. The van der Waals surface area contributed by atoms with Gasteiger partial charge in [-0.2, -0.15) is 0 Å². The number of carboxylic acid groups (broad SMARTS) is 2. The molecule has 1 atom stereocenters. The van der Waals surface area contributed by atoms with E-state index in [1.54, 1.807) is 42.5 Å². The van der Waals surface area contributed by atoms with Crippen molar-refractivity contribution >= 4 is 35.2 Å². The first kappa shape index (κ1) is 27.1. The zero-order valence-electron chi connectivity index (χ0n) is 20.2. The van der Waals surface area contributed by atoms with Gasteiger partial charge in [-0.25, -0.2) is 4.39 Å². The molecule has 37 heavy (non-hydrogen) atoms. The number of unbranched alkanes of at least 4 members (excludes halogenated alkanes) is 2. The molecule has 192 valence electrons. The van der Waals surface area contributed by atoms with E-state index < -0.39 is 23.2 Å². The molecule has 0 spiro atoms. The van der Waals surface area contributed by atoms with E-state index in [1.165, 1.54) is 36.4 Å². The zero-order chi connectivity index (χ0) is 27.0. The maximum Gasteiger partial charge on any atom is 0.318 e. The number of hydrogen-bond donors (Lipinski definition) is 4. The highest BCUT2D eigenvalue weighted by Crippen LogP contribution is 2.41. The van der Waals surface area contributed by atoms with Gasteiger partial charge in [-0.3, -0.25) is 14.4 Å². The van der Waals surface area contributed by atoms with Gasteiger partial charge in [-0.1, -0.05) is 49.2 Å². The molecule has 0 saturated carbocycles. The Morgan fingerprint density at radius 2 is 1.54 bits per heavy atom. The van der Waals surface area contributed by atoms with E-state index in [2.05, 4.69) is 0 Å². The Hall–Kier alpha value is -4.46. The predicted molar refractivity (Wildman–Crippen MR) is 141 cm³/mol. The Morgan fingerprint density at radius 1 is 0.865 bits per heavy atom. The van der Waals surface area contributed by atoms with Crippen LogP contribution >= 0.6 is 0 Å². The molecule has 6 N–H and O–H groups in total. The van der Waals surface area contributed by atoms with Crippen molar-refractivity contribution in [2.75, 3.05) is 11.5 Å². The van der Waals surface area contributed by atoms with Crippen LogP contribution in [0.25, 0.3) is 6.08 Å². The summed E-state index contributed by atoms with van der Waals surface area (Å²) in [6.45, 7) is 0. The van der Waals surface area contributed by atoms with Gasteiger partial charge in [0.05, 0.1) is 0 Å². The smallest absolute Gasteiger partial charge is 0.318 e. The highest BCUT2D eigenvalue weighted by atomic mass is 19.1. The Morgan fingerprint density at radius 3 is 2.14 bits per heavy atom. The Kier molecular flexibility index (Phi) is 8.79. The minimum atomic E-state index is -1.48. The molecule has 0 aliphatic carbocycles. The van der Waals surface area contributed by atoms with E-state index in [-0.39, 0.29) is 24.3 Å². The molecule has 8 heteroatoms. The van der Waals surface area contributed by atoms with Crippen LogP contribution in [0.5, 0.6) is 0 Å². The summed E-state index contributed by atoms with van der Waals surface area (Å²) in [5.41, 5.74) is 13.2. The number of nitrogens with two attached hydrogens (primary N) is 2. The summed E-state index contributed by atoms with van der Waals surface area (Å²) in [5, 5.41) is 19.4. The molecule has 0 aromatic heterocycles. The number of halogens is 1. The maximum atomic E-state index is 13.1. The summed E-state index contributed by atoms with van der Waals surface area (Å²) in [4.78, 5) is 36.1. The van der Waals surface area contributed by atoms with E-state index in [0.29, 0.717) is 47.2 Å². The molecule has 0 bridgehead atoms. The number of nitrogen functional groups attached to an aromatic ring is 2. The third-order valence-corrected chi connectivity index (χ3v) is 6.30. The van der Waals surface area contributed by atoms with Gasteiger partial charge in [-0.15, -0.1) is 0 Å². The largest absolute Gasteiger partial charge is 0.481 e. The lowest BCUT2D eigenvalue weighted by molar-refractivity contribution is -0.142. The molecule has 1 unspecified atom stereocenters. The second kappa shape index (κ2) is 12.0. The van der Waals surface area contributed by atoms with Crippen molar-refractivity contribution in [2.45, 2.75) is 37.5 Å². The van der Waals surface area contributed by atoms with Gasteiger partial charge in [0.2, 0.25) is 0 Å². The molecule has 3 aromatic rings. The molecular weight excluding hydrogens is 475 g/mol. The van der Waals surface area contributed by atoms with Gasteiger partial charge >= 0.3 is 11.9 Å². The van der Waals surface area contributed by atoms with Crippen molar-refractivity contribution < 1.29 is 29.0 Å². The summed E-state index contributed by atoms with van der Waals surface area (Å²) in [5.74, 6) is -2.70. The van der Waals surface area contributed by atoms with Gasteiger partial charge in [0, 0.05) is 23.4 Å². The number of allylic oxidation sites excluding steroid dienone is 1. The van der Waals surface area contributed by atoms with E-state index in [1.807, 2.05) is 0 Å². The Bertz CT molecular complexity index is 1300. The van der Waals surface area contributed by atoms with Crippen LogP contribution in [0, 0.1) is 5.82 Å². The van der Waals surface area contributed by atoms with Crippen LogP contribution in [0.2, 0.25) is 0 Å². The second-order valence-corrected chi connectivity index (χ2v) is 8.84. The quantitative estimate of drug-likeness (QED) is 0.113. The number of benzene rings is 3. The number of ketones is 1. The summed E-state index contributed by atoms with van der Waals surface area (Å²) in [7, 11) is 0. The van der Waals surface area contributed by atoms with E-state index in [9.17, 15) is 23.9 Å². The Labute approximate surface area is 214 Å². The molecule has 0 fully saturated rings. The lowest BCUT2D eigenvalue weighted by Crippen LogP contribution is -2.38. The van der Waals surface area contributed by atoms with Gasteiger partial charge < -0.3 is 21.7 Å². The Balaban J connectivity index is 1.92. The molecule has 3 rings (SSSR count). The number of aliphatic carboxylic acids is 2. The fourth-order valence-electron chi connectivity index (χ4n) is 4.35. The summed E-state index contributed by atoms with van der Waals surface area (Å²) >= 11 is 0. The molecule has 0 amide bonds. The van der Waals surface area contributed by atoms with Crippen molar-refractivity contribution in [3.63, 3.8) is 0 Å². The van der Waals surface area contributed by atoms with E-state index in [0.717, 1.165) is 0 Å². The average molecular weight is 505 g/mol. The second-order valence-electron chi connectivity index (χ2n) is 8.84. The fourth-order valence-corrected chi connectivity index (χ4v) is 4.35. The first-order chi connectivity index (χ1) is 17.6. The lowest BCUT2D eigenvalue weighted by Gasteiger charge is -2.32. The monoisotopic (exact) mass is 504 g/mol. The van der Waals surface area contributed by atoms with Crippen LogP contribution in [0.4, 0.5) is 15.8 Å². The SMILES string of the molecule is Nc1ccc(C(CCCCCC(=O)O)(C(=O)O)c2ccc(C=CC(=O)c3ccc(F)cc3)cc2)c(N)c1. The van der Waals surface area contributed by atoms with Crippen LogP contribution in [0.3, 0.4) is 0 Å². The van der Waals surface area contributed by atoms with Gasteiger partial charge in [-0.05, 0) is 72.0 Å². The average Bonchev–Trinajstić information content (AvgIpc) is 2.86. The van der Waals surface area contributed by atoms with Gasteiger partial charge in [0.15, 0.2) is 5.78 Å². The van der Waals surface area contributed by atoms with Crippen molar-refractivity contribution in [3.05, 3.63) is 101 Å². The first-order valence-corrected chi connectivity index (χ1v) is 11.8.